The Morgan fingerprint density at radius 3 is 2.14 bits per heavy atom. The monoisotopic (exact) mass is 203 g/mol. The zero-order valence-electron chi connectivity index (χ0n) is 8.02. The van der Waals surface area contributed by atoms with E-state index in [0.717, 1.165) is 6.07 Å². The van der Waals surface area contributed by atoms with Crippen LogP contribution in [0.25, 0.3) is 0 Å². The number of rotatable bonds is 2. The smallest absolute Gasteiger partial charge is 0.194 e. The molecule has 0 aliphatic heterocycles. The van der Waals surface area contributed by atoms with Crippen molar-refractivity contribution in [3.63, 3.8) is 0 Å². The molecule has 0 bridgehead atoms. The molecule has 1 nitrogen and oxygen atoms in total. The highest BCUT2D eigenvalue weighted by Crippen LogP contribution is 2.24. The predicted octanol–water partition coefficient (Wildman–Crippen LogP) is 2.76. The van der Waals surface area contributed by atoms with Gasteiger partial charge < -0.3 is 5.73 Å². The Morgan fingerprint density at radius 2 is 1.64 bits per heavy atom. The van der Waals surface area contributed by atoms with Crippen molar-refractivity contribution in [3.05, 3.63) is 35.1 Å². The summed E-state index contributed by atoms with van der Waals surface area (Å²) in [4.78, 5) is 0. The van der Waals surface area contributed by atoms with Crippen LogP contribution in [0.1, 0.15) is 25.5 Å². The van der Waals surface area contributed by atoms with Crippen LogP contribution >= 0.6 is 0 Å². The van der Waals surface area contributed by atoms with E-state index in [2.05, 4.69) is 0 Å². The summed E-state index contributed by atoms with van der Waals surface area (Å²) in [5.74, 6) is -3.87. The van der Waals surface area contributed by atoms with E-state index in [1.807, 2.05) is 0 Å². The molecule has 4 heteroatoms. The minimum absolute atomic E-state index is 0.0129. The van der Waals surface area contributed by atoms with E-state index in [-0.39, 0.29) is 11.5 Å². The highest BCUT2D eigenvalue weighted by molar-refractivity contribution is 5.23. The molecule has 14 heavy (non-hydrogen) atoms. The first-order valence-corrected chi connectivity index (χ1v) is 4.34. The average Bonchev–Trinajstić information content (AvgIpc) is 2.13. The topological polar surface area (TPSA) is 26.0 Å². The third-order valence-electron chi connectivity index (χ3n) is 2.14. The van der Waals surface area contributed by atoms with Gasteiger partial charge in [-0.2, -0.15) is 0 Å². The van der Waals surface area contributed by atoms with Gasteiger partial charge in [-0.3, -0.25) is 0 Å². The lowest BCUT2D eigenvalue weighted by atomic mass is 9.96. The van der Waals surface area contributed by atoms with Crippen molar-refractivity contribution in [1.82, 2.24) is 0 Å². The van der Waals surface area contributed by atoms with Crippen molar-refractivity contribution in [2.45, 2.75) is 19.9 Å². The van der Waals surface area contributed by atoms with E-state index >= 15 is 0 Å². The van der Waals surface area contributed by atoms with Gasteiger partial charge in [-0.25, -0.2) is 13.2 Å². The second kappa shape index (κ2) is 4.00. The summed E-state index contributed by atoms with van der Waals surface area (Å²) in [6.45, 7) is 3.57. The maximum atomic E-state index is 13.2. The Hall–Kier alpha value is -1.03. The van der Waals surface area contributed by atoms with Crippen LogP contribution < -0.4 is 5.73 Å². The Balaban J connectivity index is 3.17. The Bertz CT molecular complexity index is 336. The highest BCUT2D eigenvalue weighted by atomic mass is 19.2. The van der Waals surface area contributed by atoms with Crippen LogP contribution in [-0.2, 0) is 0 Å². The molecule has 1 unspecified atom stereocenters. The van der Waals surface area contributed by atoms with Crippen molar-refractivity contribution < 1.29 is 13.2 Å². The summed E-state index contributed by atoms with van der Waals surface area (Å²) in [7, 11) is 0. The molecule has 0 radical (unpaired) electrons. The molecule has 0 amide bonds. The van der Waals surface area contributed by atoms with Crippen LogP contribution in [0.2, 0.25) is 0 Å². The summed E-state index contributed by atoms with van der Waals surface area (Å²) in [6.07, 6.45) is 0. The number of hydrogen-bond donors (Lipinski definition) is 1. The minimum atomic E-state index is -1.46. The van der Waals surface area contributed by atoms with Crippen molar-refractivity contribution in [1.29, 1.82) is 0 Å². The van der Waals surface area contributed by atoms with E-state index in [9.17, 15) is 13.2 Å². The SMILES string of the molecule is CC(C)C(N)c1ccc(F)c(F)c1F. The maximum absolute atomic E-state index is 13.2. The van der Waals surface area contributed by atoms with E-state index in [1.165, 1.54) is 6.07 Å². The van der Waals surface area contributed by atoms with Crippen LogP contribution in [0.4, 0.5) is 13.2 Å². The molecule has 1 rings (SSSR count). The lowest BCUT2D eigenvalue weighted by Gasteiger charge is -2.16. The third kappa shape index (κ3) is 1.90. The maximum Gasteiger partial charge on any atom is 0.194 e. The summed E-state index contributed by atoms with van der Waals surface area (Å²) < 4.78 is 38.6. The molecule has 0 spiro atoms. The van der Waals surface area contributed by atoms with Gasteiger partial charge in [0.2, 0.25) is 0 Å². The summed E-state index contributed by atoms with van der Waals surface area (Å²) in [5.41, 5.74) is 5.64. The number of halogens is 3. The fourth-order valence-corrected chi connectivity index (χ4v) is 1.16. The Kier molecular flexibility index (Phi) is 3.16. The van der Waals surface area contributed by atoms with Crippen LogP contribution in [0.5, 0.6) is 0 Å². The van der Waals surface area contributed by atoms with Crippen molar-refractivity contribution >= 4 is 0 Å². The molecule has 0 fully saturated rings. The Morgan fingerprint density at radius 1 is 1.07 bits per heavy atom. The lowest BCUT2D eigenvalue weighted by molar-refractivity contribution is 0.420. The molecule has 2 N–H and O–H groups in total. The highest BCUT2D eigenvalue weighted by Gasteiger charge is 2.19. The molecule has 0 aliphatic rings. The van der Waals surface area contributed by atoms with E-state index in [4.69, 9.17) is 5.73 Å². The molecule has 0 saturated carbocycles. The van der Waals surface area contributed by atoms with Gasteiger partial charge in [0, 0.05) is 11.6 Å². The number of nitrogens with two attached hydrogens (primary N) is 1. The van der Waals surface area contributed by atoms with E-state index in [0.29, 0.717) is 0 Å². The van der Waals surface area contributed by atoms with E-state index < -0.39 is 23.5 Å². The fraction of sp³-hybridized carbons (Fsp3) is 0.400. The van der Waals surface area contributed by atoms with Crippen molar-refractivity contribution in [3.8, 4) is 0 Å². The zero-order chi connectivity index (χ0) is 10.9. The van der Waals surface area contributed by atoms with Gasteiger partial charge in [-0.15, -0.1) is 0 Å². The molecule has 0 heterocycles. The third-order valence-corrected chi connectivity index (χ3v) is 2.14. The first kappa shape index (κ1) is 11.0. The second-order valence-electron chi connectivity index (χ2n) is 3.53. The van der Waals surface area contributed by atoms with Gasteiger partial charge in [0.25, 0.3) is 0 Å². The molecule has 0 aliphatic carbocycles. The molecule has 0 aromatic heterocycles. The first-order valence-electron chi connectivity index (χ1n) is 4.34. The number of benzene rings is 1. The van der Waals surface area contributed by atoms with Gasteiger partial charge in [0.15, 0.2) is 17.5 Å². The lowest BCUT2D eigenvalue weighted by Crippen LogP contribution is -2.19. The quantitative estimate of drug-likeness (QED) is 0.735. The summed E-state index contributed by atoms with van der Waals surface area (Å²) in [5, 5.41) is 0. The molecular formula is C10H12F3N. The minimum Gasteiger partial charge on any atom is -0.324 e. The van der Waals surface area contributed by atoms with Crippen molar-refractivity contribution in [2.75, 3.05) is 0 Å². The molecule has 1 aromatic carbocycles. The molecule has 0 saturated heterocycles. The van der Waals surface area contributed by atoms with Gasteiger partial charge in [0.1, 0.15) is 0 Å². The standard InChI is InChI=1S/C10H12F3N/c1-5(2)10(14)6-3-4-7(11)9(13)8(6)12/h3-5,10H,14H2,1-2H3. The van der Waals surface area contributed by atoms with Gasteiger partial charge in [-0.05, 0) is 12.0 Å². The summed E-state index contributed by atoms with van der Waals surface area (Å²) in [6, 6.07) is 1.44. The van der Waals surface area contributed by atoms with Gasteiger partial charge in [0.05, 0.1) is 0 Å². The van der Waals surface area contributed by atoms with Crippen LogP contribution in [0, 0.1) is 23.4 Å². The Labute approximate surface area is 80.7 Å². The van der Waals surface area contributed by atoms with Gasteiger partial charge >= 0.3 is 0 Å². The van der Waals surface area contributed by atoms with Gasteiger partial charge in [-0.1, -0.05) is 19.9 Å². The predicted molar refractivity (Wildman–Crippen MR) is 48.1 cm³/mol. The van der Waals surface area contributed by atoms with Crippen LogP contribution in [-0.4, -0.2) is 0 Å². The molecule has 1 aromatic rings. The average molecular weight is 203 g/mol. The molecular weight excluding hydrogens is 191 g/mol. The summed E-state index contributed by atoms with van der Waals surface area (Å²) >= 11 is 0. The zero-order valence-corrected chi connectivity index (χ0v) is 8.02. The molecule has 1 atom stereocenters. The largest absolute Gasteiger partial charge is 0.324 e. The van der Waals surface area contributed by atoms with E-state index in [1.54, 1.807) is 13.8 Å². The second-order valence-corrected chi connectivity index (χ2v) is 3.53. The van der Waals surface area contributed by atoms with Crippen LogP contribution in [0.3, 0.4) is 0 Å². The normalized spacial score (nSPS) is 13.4. The number of hydrogen-bond acceptors (Lipinski definition) is 1. The molecule has 78 valence electrons. The fourth-order valence-electron chi connectivity index (χ4n) is 1.16. The first-order chi connectivity index (χ1) is 6.45. The van der Waals surface area contributed by atoms with Crippen molar-refractivity contribution in [2.24, 2.45) is 11.7 Å². The van der Waals surface area contributed by atoms with Crippen LogP contribution in [0.15, 0.2) is 12.1 Å².